The summed E-state index contributed by atoms with van der Waals surface area (Å²) in [5.74, 6) is -0.166. The number of rotatable bonds is 5. The van der Waals surface area contributed by atoms with Crippen molar-refractivity contribution in [3.63, 3.8) is 0 Å². The van der Waals surface area contributed by atoms with Crippen LogP contribution in [0.1, 0.15) is 26.3 Å². The first-order chi connectivity index (χ1) is 8.99. The Balaban J connectivity index is 2.78. The molecule has 0 radical (unpaired) electrons. The Labute approximate surface area is 120 Å². The summed E-state index contributed by atoms with van der Waals surface area (Å²) in [7, 11) is -3.57. The van der Waals surface area contributed by atoms with Crippen molar-refractivity contribution in [1.82, 2.24) is 0 Å². The predicted molar refractivity (Wildman–Crippen MR) is 77.6 cm³/mol. The highest BCUT2D eigenvalue weighted by Gasteiger charge is 2.29. The van der Waals surface area contributed by atoms with Crippen LogP contribution < -0.4 is 9.88 Å². The zero-order chi connectivity index (χ0) is 15.6. The molecule has 20 heavy (non-hydrogen) atoms. The van der Waals surface area contributed by atoms with Crippen LogP contribution in [0.25, 0.3) is 0 Å². The molecule has 114 valence electrons. The van der Waals surface area contributed by atoms with Crippen LogP contribution in [0.15, 0.2) is 18.2 Å². The second-order valence-corrected chi connectivity index (χ2v) is 7.77. The summed E-state index contributed by atoms with van der Waals surface area (Å²) >= 11 is 0. The lowest BCUT2D eigenvalue weighted by atomic mass is 9.82. The SMILES string of the molecule is Cc1cc(OCC(CS(N)(=O)=O)C(C)(C)C)ccc1F. The zero-order valence-electron chi connectivity index (χ0n) is 12.3. The molecule has 0 saturated carbocycles. The predicted octanol–water partition coefficient (Wildman–Crippen LogP) is 2.46. The number of primary sulfonamides is 1. The highest BCUT2D eigenvalue weighted by molar-refractivity contribution is 7.89. The van der Waals surface area contributed by atoms with E-state index in [2.05, 4.69) is 0 Å². The number of ether oxygens (including phenoxy) is 1. The van der Waals surface area contributed by atoms with Gasteiger partial charge in [-0.05, 0) is 36.1 Å². The van der Waals surface area contributed by atoms with Crippen LogP contribution in [0, 0.1) is 24.1 Å². The average molecular weight is 303 g/mol. The Morgan fingerprint density at radius 3 is 2.40 bits per heavy atom. The first-order valence-corrected chi connectivity index (χ1v) is 8.10. The van der Waals surface area contributed by atoms with Crippen LogP contribution in [0.3, 0.4) is 0 Å². The molecule has 4 nitrogen and oxygen atoms in total. The van der Waals surface area contributed by atoms with Crippen LogP contribution >= 0.6 is 0 Å². The minimum atomic E-state index is -3.57. The van der Waals surface area contributed by atoms with Crippen LogP contribution in [-0.2, 0) is 10.0 Å². The van der Waals surface area contributed by atoms with Crippen molar-refractivity contribution in [2.45, 2.75) is 27.7 Å². The van der Waals surface area contributed by atoms with Gasteiger partial charge in [0.1, 0.15) is 11.6 Å². The van der Waals surface area contributed by atoms with Gasteiger partial charge in [-0.2, -0.15) is 0 Å². The van der Waals surface area contributed by atoms with Gasteiger partial charge in [-0.3, -0.25) is 0 Å². The van der Waals surface area contributed by atoms with Gasteiger partial charge in [0.25, 0.3) is 0 Å². The van der Waals surface area contributed by atoms with E-state index in [4.69, 9.17) is 9.88 Å². The molecule has 0 aliphatic heterocycles. The molecule has 1 aromatic carbocycles. The number of halogens is 1. The van der Waals surface area contributed by atoms with E-state index in [1.165, 1.54) is 12.1 Å². The molecule has 1 unspecified atom stereocenters. The largest absolute Gasteiger partial charge is 0.493 e. The monoisotopic (exact) mass is 303 g/mol. The number of sulfonamides is 1. The Hall–Kier alpha value is -1.14. The van der Waals surface area contributed by atoms with E-state index in [0.29, 0.717) is 11.3 Å². The first-order valence-electron chi connectivity index (χ1n) is 6.38. The fraction of sp³-hybridized carbons (Fsp3) is 0.571. The molecule has 1 rings (SSSR count). The van der Waals surface area contributed by atoms with Gasteiger partial charge in [0.2, 0.25) is 10.0 Å². The first kappa shape index (κ1) is 16.9. The molecule has 0 fully saturated rings. The van der Waals surface area contributed by atoms with Gasteiger partial charge in [0.05, 0.1) is 12.4 Å². The molecule has 1 atom stereocenters. The molecule has 0 aliphatic rings. The minimum absolute atomic E-state index is 0.142. The molecule has 0 heterocycles. The van der Waals surface area contributed by atoms with Crippen molar-refractivity contribution in [3.05, 3.63) is 29.6 Å². The van der Waals surface area contributed by atoms with Crippen molar-refractivity contribution < 1.29 is 17.5 Å². The van der Waals surface area contributed by atoms with Crippen molar-refractivity contribution in [1.29, 1.82) is 0 Å². The number of benzene rings is 1. The highest BCUT2D eigenvalue weighted by atomic mass is 32.2. The summed E-state index contributed by atoms with van der Waals surface area (Å²) in [6, 6.07) is 4.45. The number of hydrogen-bond acceptors (Lipinski definition) is 3. The van der Waals surface area contributed by atoms with Crippen molar-refractivity contribution in [2.75, 3.05) is 12.4 Å². The highest BCUT2D eigenvalue weighted by Crippen LogP contribution is 2.28. The second kappa shape index (κ2) is 6.10. The van der Waals surface area contributed by atoms with Crippen LogP contribution in [0.4, 0.5) is 4.39 Å². The topological polar surface area (TPSA) is 69.4 Å². The Kier molecular flexibility index (Phi) is 5.15. The summed E-state index contributed by atoms with van der Waals surface area (Å²) in [5.41, 5.74) is 0.225. The Bertz CT molecular complexity index is 564. The van der Waals surface area contributed by atoms with Crippen LogP contribution in [0.5, 0.6) is 5.75 Å². The van der Waals surface area contributed by atoms with Gasteiger partial charge in [0.15, 0.2) is 0 Å². The van der Waals surface area contributed by atoms with Gasteiger partial charge in [-0.1, -0.05) is 20.8 Å². The van der Waals surface area contributed by atoms with E-state index >= 15 is 0 Å². The molecule has 6 heteroatoms. The van der Waals surface area contributed by atoms with E-state index < -0.39 is 10.0 Å². The average Bonchev–Trinajstić information content (AvgIpc) is 2.26. The van der Waals surface area contributed by atoms with E-state index in [1.54, 1.807) is 13.0 Å². The van der Waals surface area contributed by atoms with E-state index in [0.717, 1.165) is 0 Å². The van der Waals surface area contributed by atoms with Crippen molar-refractivity contribution in [2.24, 2.45) is 16.5 Å². The third-order valence-electron chi connectivity index (χ3n) is 3.24. The summed E-state index contributed by atoms with van der Waals surface area (Å²) in [6.07, 6.45) is 0. The minimum Gasteiger partial charge on any atom is -0.493 e. The lowest BCUT2D eigenvalue weighted by Gasteiger charge is -2.29. The molecule has 0 spiro atoms. The van der Waals surface area contributed by atoms with Crippen molar-refractivity contribution >= 4 is 10.0 Å². The van der Waals surface area contributed by atoms with Gasteiger partial charge >= 0.3 is 0 Å². The third kappa shape index (κ3) is 5.46. The van der Waals surface area contributed by atoms with Crippen molar-refractivity contribution in [3.8, 4) is 5.75 Å². The summed E-state index contributed by atoms with van der Waals surface area (Å²) in [6.45, 7) is 7.66. The quantitative estimate of drug-likeness (QED) is 0.908. The summed E-state index contributed by atoms with van der Waals surface area (Å²) in [4.78, 5) is 0. The molecule has 0 amide bonds. The second-order valence-electron chi connectivity index (χ2n) is 6.11. The Morgan fingerprint density at radius 1 is 1.35 bits per heavy atom. The molecule has 1 aromatic rings. The number of nitrogens with two attached hydrogens (primary N) is 1. The molecule has 2 N–H and O–H groups in total. The summed E-state index contributed by atoms with van der Waals surface area (Å²) < 4.78 is 41.3. The lowest BCUT2D eigenvalue weighted by Crippen LogP contribution is -2.35. The Morgan fingerprint density at radius 2 is 1.95 bits per heavy atom. The lowest BCUT2D eigenvalue weighted by molar-refractivity contribution is 0.163. The van der Waals surface area contributed by atoms with E-state index in [9.17, 15) is 12.8 Å². The fourth-order valence-corrected chi connectivity index (χ4v) is 2.89. The van der Waals surface area contributed by atoms with Gasteiger partial charge in [-0.25, -0.2) is 17.9 Å². The third-order valence-corrected chi connectivity index (χ3v) is 4.11. The summed E-state index contributed by atoms with van der Waals surface area (Å²) in [5, 5.41) is 5.11. The molecule has 0 bridgehead atoms. The fourth-order valence-electron chi connectivity index (χ4n) is 1.73. The van der Waals surface area contributed by atoms with Crippen LogP contribution in [-0.4, -0.2) is 20.8 Å². The normalized spacial score (nSPS) is 14.1. The van der Waals surface area contributed by atoms with Gasteiger partial charge < -0.3 is 4.74 Å². The molecular weight excluding hydrogens is 281 g/mol. The van der Waals surface area contributed by atoms with Crippen LogP contribution in [0.2, 0.25) is 0 Å². The van der Waals surface area contributed by atoms with E-state index in [-0.39, 0.29) is 29.5 Å². The zero-order valence-corrected chi connectivity index (χ0v) is 13.1. The number of hydrogen-bond donors (Lipinski definition) is 1. The standard InChI is InChI=1S/C14H22FNO3S/c1-10-7-12(5-6-13(10)15)19-8-11(14(2,3)4)9-20(16,17)18/h5-7,11H,8-9H2,1-4H3,(H2,16,17,18). The van der Waals surface area contributed by atoms with Gasteiger partial charge in [0, 0.05) is 5.92 Å². The smallest absolute Gasteiger partial charge is 0.209 e. The maximum absolute atomic E-state index is 13.2. The molecule has 0 saturated heterocycles. The maximum Gasteiger partial charge on any atom is 0.209 e. The van der Waals surface area contributed by atoms with E-state index in [1.807, 2.05) is 20.8 Å². The molecule has 0 aromatic heterocycles. The maximum atomic E-state index is 13.2. The van der Waals surface area contributed by atoms with Gasteiger partial charge in [-0.15, -0.1) is 0 Å². The molecular formula is C14H22FNO3S. The molecule has 0 aliphatic carbocycles. The number of aryl methyl sites for hydroxylation is 1.